The maximum atomic E-state index is 14.9. The molecular formula is C24H28FN5O. The van der Waals surface area contributed by atoms with Crippen molar-refractivity contribution in [3.05, 3.63) is 53.9 Å². The summed E-state index contributed by atoms with van der Waals surface area (Å²) >= 11 is 0. The standard InChI is InChI=1S/C24H28FN5O/c1-29-14-17(13-26-29)9-15-4-6-19(22(31)12-15)20-7-8-23(28-27-20)30(2)21-11-16-3-5-18(10-16)24(21)25/h4,6-8,12-14,16,18,21,24,31H,3,5,9-11H2,1-2H3/t16-,18+,21+,24-/m0/s1. The lowest BCUT2D eigenvalue weighted by Crippen LogP contribution is -2.46. The SMILES string of the molecule is CN(c1ccc(-c2ccc(Cc3cnn(C)c3)cc2O)nn1)[C@@H]1C[C@H]2CC[C@H](C2)[C@@H]1F. The molecule has 0 amide bonds. The number of halogens is 1. The van der Waals surface area contributed by atoms with Crippen LogP contribution in [0.25, 0.3) is 11.3 Å². The van der Waals surface area contributed by atoms with Gasteiger partial charge in [-0.05, 0) is 72.9 Å². The molecule has 2 aliphatic carbocycles. The van der Waals surface area contributed by atoms with Gasteiger partial charge in [0, 0.05) is 32.3 Å². The smallest absolute Gasteiger partial charge is 0.151 e. The molecule has 0 spiro atoms. The van der Waals surface area contributed by atoms with E-state index in [0.717, 1.165) is 36.8 Å². The fourth-order valence-corrected chi connectivity index (χ4v) is 5.30. The summed E-state index contributed by atoms with van der Waals surface area (Å²) in [5, 5.41) is 23.4. The molecule has 0 unspecified atom stereocenters. The fraction of sp³-hybridized carbons (Fsp3) is 0.458. The van der Waals surface area contributed by atoms with Crippen molar-refractivity contribution in [2.45, 2.75) is 44.3 Å². The molecule has 2 saturated carbocycles. The maximum Gasteiger partial charge on any atom is 0.151 e. The van der Waals surface area contributed by atoms with E-state index in [1.807, 2.05) is 55.7 Å². The molecule has 2 fully saturated rings. The summed E-state index contributed by atoms with van der Waals surface area (Å²) in [4.78, 5) is 1.95. The van der Waals surface area contributed by atoms with Crippen LogP contribution >= 0.6 is 0 Å². The number of alkyl halides is 1. The van der Waals surface area contributed by atoms with E-state index in [2.05, 4.69) is 15.3 Å². The summed E-state index contributed by atoms with van der Waals surface area (Å²) in [6.45, 7) is 0. The van der Waals surface area contributed by atoms with Crippen LogP contribution in [0.4, 0.5) is 10.2 Å². The molecule has 0 saturated heterocycles. The Morgan fingerprint density at radius 1 is 1.13 bits per heavy atom. The molecule has 2 aliphatic rings. The number of anilines is 1. The lowest BCUT2D eigenvalue weighted by Gasteiger charge is -2.38. The Labute approximate surface area is 181 Å². The van der Waals surface area contributed by atoms with Crippen LogP contribution in [0.2, 0.25) is 0 Å². The zero-order valence-electron chi connectivity index (χ0n) is 17.9. The molecule has 31 heavy (non-hydrogen) atoms. The Hall–Kier alpha value is -2.96. The Kier molecular flexibility index (Phi) is 5.12. The molecule has 3 aromatic rings. The van der Waals surface area contributed by atoms with Crippen molar-refractivity contribution in [1.82, 2.24) is 20.0 Å². The first-order valence-electron chi connectivity index (χ1n) is 11.0. The number of fused-ring (bicyclic) bond motifs is 2. The normalized spacial score (nSPS) is 25.0. The second-order valence-corrected chi connectivity index (χ2v) is 9.12. The highest BCUT2D eigenvalue weighted by Gasteiger charge is 2.44. The molecular weight excluding hydrogens is 393 g/mol. The largest absolute Gasteiger partial charge is 0.507 e. The predicted octanol–water partition coefficient (Wildman–Crippen LogP) is 4.14. The summed E-state index contributed by atoms with van der Waals surface area (Å²) < 4.78 is 16.7. The highest BCUT2D eigenvalue weighted by atomic mass is 19.1. The molecule has 2 heterocycles. The van der Waals surface area contributed by atoms with E-state index in [4.69, 9.17) is 0 Å². The second-order valence-electron chi connectivity index (χ2n) is 9.12. The molecule has 4 atom stereocenters. The van der Waals surface area contributed by atoms with Gasteiger partial charge in [0.15, 0.2) is 5.82 Å². The number of aryl methyl sites for hydroxylation is 1. The Bertz CT molecular complexity index is 1070. The first-order chi connectivity index (χ1) is 15.0. The Morgan fingerprint density at radius 3 is 2.71 bits per heavy atom. The minimum absolute atomic E-state index is 0.133. The van der Waals surface area contributed by atoms with Gasteiger partial charge in [-0.15, -0.1) is 10.2 Å². The summed E-state index contributed by atoms with van der Waals surface area (Å²) in [5.41, 5.74) is 3.32. The molecule has 2 aromatic heterocycles. The average Bonchev–Trinajstić information content (AvgIpc) is 3.37. The van der Waals surface area contributed by atoms with Gasteiger partial charge in [-0.25, -0.2) is 4.39 Å². The van der Waals surface area contributed by atoms with E-state index in [1.54, 1.807) is 10.7 Å². The van der Waals surface area contributed by atoms with Gasteiger partial charge < -0.3 is 10.0 Å². The van der Waals surface area contributed by atoms with Gasteiger partial charge in [0.1, 0.15) is 11.9 Å². The van der Waals surface area contributed by atoms with Crippen LogP contribution in [0.5, 0.6) is 5.75 Å². The summed E-state index contributed by atoms with van der Waals surface area (Å²) in [6.07, 6.45) is 7.76. The number of rotatable bonds is 5. The van der Waals surface area contributed by atoms with Crippen molar-refractivity contribution >= 4 is 5.82 Å². The molecule has 1 aromatic carbocycles. The van der Waals surface area contributed by atoms with Crippen molar-refractivity contribution in [3.63, 3.8) is 0 Å². The number of phenolic OH excluding ortho intramolecular Hbond substituents is 1. The fourth-order valence-electron chi connectivity index (χ4n) is 5.30. The molecule has 5 rings (SSSR count). The van der Waals surface area contributed by atoms with E-state index in [-0.39, 0.29) is 17.7 Å². The number of benzene rings is 1. The van der Waals surface area contributed by atoms with Gasteiger partial charge in [0.05, 0.1) is 17.9 Å². The maximum absolute atomic E-state index is 14.9. The van der Waals surface area contributed by atoms with E-state index < -0.39 is 6.17 Å². The van der Waals surface area contributed by atoms with E-state index in [1.165, 1.54) is 0 Å². The summed E-state index contributed by atoms with van der Waals surface area (Å²) in [7, 11) is 3.80. The van der Waals surface area contributed by atoms with Crippen molar-refractivity contribution in [2.75, 3.05) is 11.9 Å². The monoisotopic (exact) mass is 421 g/mol. The van der Waals surface area contributed by atoms with Gasteiger partial charge in [-0.2, -0.15) is 5.10 Å². The molecule has 0 radical (unpaired) electrons. The zero-order valence-corrected chi connectivity index (χ0v) is 17.9. The topological polar surface area (TPSA) is 67.1 Å². The zero-order chi connectivity index (χ0) is 21.5. The van der Waals surface area contributed by atoms with Crippen LogP contribution in [0.15, 0.2) is 42.7 Å². The molecule has 0 aliphatic heterocycles. The molecule has 6 nitrogen and oxygen atoms in total. The molecule has 7 heteroatoms. The van der Waals surface area contributed by atoms with Gasteiger partial charge >= 0.3 is 0 Å². The minimum Gasteiger partial charge on any atom is -0.507 e. The molecule has 162 valence electrons. The van der Waals surface area contributed by atoms with Crippen LogP contribution in [0.3, 0.4) is 0 Å². The first-order valence-corrected chi connectivity index (χ1v) is 11.0. The summed E-state index contributed by atoms with van der Waals surface area (Å²) in [6, 6.07) is 9.19. The second kappa shape index (κ2) is 7.94. The van der Waals surface area contributed by atoms with Crippen LogP contribution < -0.4 is 4.90 Å². The third-order valence-electron chi connectivity index (χ3n) is 6.99. The predicted molar refractivity (Wildman–Crippen MR) is 118 cm³/mol. The van der Waals surface area contributed by atoms with E-state index in [9.17, 15) is 9.50 Å². The van der Waals surface area contributed by atoms with Crippen molar-refractivity contribution in [1.29, 1.82) is 0 Å². The highest BCUT2D eigenvalue weighted by molar-refractivity contribution is 5.67. The summed E-state index contributed by atoms with van der Waals surface area (Å²) in [5.74, 6) is 1.68. The third-order valence-corrected chi connectivity index (χ3v) is 6.99. The number of nitrogens with zero attached hydrogens (tertiary/aromatic N) is 5. The van der Waals surface area contributed by atoms with E-state index >= 15 is 0 Å². The van der Waals surface area contributed by atoms with Crippen LogP contribution in [-0.4, -0.2) is 44.3 Å². The number of aromatic nitrogens is 4. The van der Waals surface area contributed by atoms with Crippen molar-refractivity contribution in [2.24, 2.45) is 18.9 Å². The van der Waals surface area contributed by atoms with Crippen LogP contribution in [0, 0.1) is 11.8 Å². The van der Waals surface area contributed by atoms with Gasteiger partial charge in [-0.1, -0.05) is 6.07 Å². The lowest BCUT2D eigenvalue weighted by molar-refractivity contribution is 0.144. The van der Waals surface area contributed by atoms with Crippen molar-refractivity contribution in [3.8, 4) is 17.0 Å². The number of phenols is 1. The highest BCUT2D eigenvalue weighted by Crippen LogP contribution is 2.45. The number of hydrogen-bond acceptors (Lipinski definition) is 5. The van der Waals surface area contributed by atoms with Crippen LogP contribution in [-0.2, 0) is 13.5 Å². The van der Waals surface area contributed by atoms with Gasteiger partial charge in [-0.3, -0.25) is 4.68 Å². The number of hydrogen-bond donors (Lipinski definition) is 1. The number of aromatic hydroxyl groups is 1. The van der Waals surface area contributed by atoms with E-state index in [0.29, 0.717) is 29.4 Å². The Balaban J connectivity index is 1.31. The average molecular weight is 422 g/mol. The third kappa shape index (κ3) is 3.89. The lowest BCUT2D eigenvalue weighted by atomic mass is 9.83. The molecule has 1 N–H and O–H groups in total. The van der Waals surface area contributed by atoms with Crippen molar-refractivity contribution < 1.29 is 9.50 Å². The Morgan fingerprint density at radius 2 is 2.00 bits per heavy atom. The van der Waals surface area contributed by atoms with Gasteiger partial charge in [0.2, 0.25) is 0 Å². The minimum atomic E-state index is -0.804. The molecule has 2 bridgehead atoms. The first kappa shape index (κ1) is 20.0. The van der Waals surface area contributed by atoms with Gasteiger partial charge in [0.25, 0.3) is 0 Å². The quantitative estimate of drug-likeness (QED) is 0.671. The van der Waals surface area contributed by atoms with Crippen LogP contribution in [0.1, 0.15) is 36.8 Å².